The van der Waals surface area contributed by atoms with Gasteiger partial charge in [-0.1, -0.05) is 22.0 Å². The van der Waals surface area contributed by atoms with E-state index < -0.39 is 5.60 Å². The Morgan fingerprint density at radius 1 is 1.55 bits per heavy atom. The number of rotatable bonds is 7. The van der Waals surface area contributed by atoms with Crippen LogP contribution in [0.25, 0.3) is 0 Å². The molecule has 0 amide bonds. The molecule has 1 unspecified atom stereocenters. The molecule has 2 N–H and O–H groups in total. The lowest BCUT2D eigenvalue weighted by Gasteiger charge is -2.22. The van der Waals surface area contributed by atoms with Gasteiger partial charge in [-0.15, -0.1) is 0 Å². The summed E-state index contributed by atoms with van der Waals surface area (Å²) >= 11 is 5.06. The van der Waals surface area contributed by atoms with Gasteiger partial charge in [0.1, 0.15) is 0 Å². The van der Waals surface area contributed by atoms with Crippen LogP contribution >= 0.6 is 27.7 Å². The lowest BCUT2D eigenvalue weighted by molar-refractivity contribution is 0.0600. The molecule has 20 heavy (non-hydrogen) atoms. The molecule has 0 radical (unpaired) electrons. The fourth-order valence-corrected chi connectivity index (χ4v) is 3.01. The maximum atomic E-state index is 11.4. The molecule has 0 aliphatic heterocycles. The minimum Gasteiger partial charge on any atom is -0.465 e. The van der Waals surface area contributed by atoms with Gasteiger partial charge in [0, 0.05) is 23.3 Å². The Morgan fingerprint density at radius 2 is 2.25 bits per heavy atom. The molecule has 0 saturated heterocycles. The van der Waals surface area contributed by atoms with E-state index in [9.17, 15) is 9.90 Å². The number of carbonyl (C=O) groups excluding carboxylic acids is 1. The lowest BCUT2D eigenvalue weighted by Crippen LogP contribution is -2.39. The second kappa shape index (κ2) is 8.02. The van der Waals surface area contributed by atoms with Gasteiger partial charge in [-0.05, 0) is 30.9 Å². The van der Waals surface area contributed by atoms with Gasteiger partial charge in [0.15, 0.2) is 0 Å². The summed E-state index contributed by atoms with van der Waals surface area (Å²) in [5, 5.41) is 13.3. The molecule has 4 nitrogen and oxygen atoms in total. The summed E-state index contributed by atoms with van der Waals surface area (Å²) in [4.78, 5) is 11.4. The van der Waals surface area contributed by atoms with Gasteiger partial charge >= 0.3 is 5.97 Å². The third-order valence-corrected chi connectivity index (χ3v) is 4.40. The summed E-state index contributed by atoms with van der Waals surface area (Å²) in [7, 11) is 1.36. The Balaban J connectivity index is 2.59. The van der Waals surface area contributed by atoms with Crippen molar-refractivity contribution in [2.24, 2.45) is 0 Å². The minimum absolute atomic E-state index is 0.354. The summed E-state index contributed by atoms with van der Waals surface area (Å²) in [6.07, 6.45) is 1.97. The number of thioether (sulfide) groups is 1. The number of nitrogens with one attached hydrogen (secondary N) is 1. The molecular formula is C14H20BrNO3S. The molecule has 0 saturated carbocycles. The highest BCUT2D eigenvalue weighted by molar-refractivity contribution is 9.10. The maximum Gasteiger partial charge on any atom is 0.337 e. The van der Waals surface area contributed by atoms with Crippen LogP contribution in [0.15, 0.2) is 22.7 Å². The highest BCUT2D eigenvalue weighted by Gasteiger charge is 2.18. The van der Waals surface area contributed by atoms with Gasteiger partial charge < -0.3 is 15.2 Å². The van der Waals surface area contributed by atoms with Gasteiger partial charge in [-0.25, -0.2) is 4.79 Å². The molecule has 1 atom stereocenters. The molecule has 112 valence electrons. The van der Waals surface area contributed by atoms with Crippen LogP contribution in [-0.2, 0) is 11.3 Å². The summed E-state index contributed by atoms with van der Waals surface area (Å²) < 4.78 is 5.52. The Labute approximate surface area is 132 Å². The van der Waals surface area contributed by atoms with E-state index in [0.717, 1.165) is 10.0 Å². The molecule has 6 heteroatoms. The molecular weight excluding hydrogens is 342 g/mol. The predicted molar refractivity (Wildman–Crippen MR) is 86.2 cm³/mol. The molecule has 1 rings (SSSR count). The van der Waals surface area contributed by atoms with Crippen LogP contribution < -0.4 is 5.32 Å². The highest BCUT2D eigenvalue weighted by atomic mass is 79.9. The zero-order valence-electron chi connectivity index (χ0n) is 11.9. The Bertz CT molecular complexity index is 466. The molecule has 1 aromatic rings. The number of halogens is 1. The minimum atomic E-state index is -0.724. The zero-order chi connectivity index (χ0) is 15.2. The number of esters is 1. The molecule has 0 fully saturated rings. The second-order valence-corrected chi connectivity index (χ2v) is 6.55. The van der Waals surface area contributed by atoms with Crippen LogP contribution in [0.1, 0.15) is 22.8 Å². The van der Waals surface area contributed by atoms with Gasteiger partial charge in [-0.3, -0.25) is 0 Å². The SMILES string of the molecule is COC(=O)c1ccc(CNCC(C)(O)CSC)c(Br)c1. The van der Waals surface area contributed by atoms with Crippen LogP contribution in [0.2, 0.25) is 0 Å². The average Bonchev–Trinajstić information content (AvgIpc) is 2.39. The number of carbonyl (C=O) groups is 1. The smallest absolute Gasteiger partial charge is 0.337 e. The molecule has 0 aliphatic rings. The topological polar surface area (TPSA) is 58.6 Å². The fourth-order valence-electron chi connectivity index (χ4n) is 1.76. The van der Waals surface area contributed by atoms with Crippen molar-refractivity contribution in [3.63, 3.8) is 0 Å². The van der Waals surface area contributed by atoms with E-state index in [4.69, 9.17) is 0 Å². The lowest BCUT2D eigenvalue weighted by atomic mass is 10.1. The van der Waals surface area contributed by atoms with Crippen LogP contribution in [0.4, 0.5) is 0 Å². The van der Waals surface area contributed by atoms with Gasteiger partial charge in [0.25, 0.3) is 0 Å². The van der Waals surface area contributed by atoms with E-state index in [0.29, 0.717) is 24.4 Å². The second-order valence-electron chi connectivity index (χ2n) is 4.83. The highest BCUT2D eigenvalue weighted by Crippen LogP contribution is 2.19. The van der Waals surface area contributed by atoms with Crippen LogP contribution in [-0.4, -0.2) is 42.3 Å². The van der Waals surface area contributed by atoms with Crippen molar-refractivity contribution in [1.29, 1.82) is 0 Å². The van der Waals surface area contributed by atoms with E-state index in [2.05, 4.69) is 26.0 Å². The van der Waals surface area contributed by atoms with Gasteiger partial charge in [-0.2, -0.15) is 11.8 Å². The number of aliphatic hydroxyl groups is 1. The first-order chi connectivity index (χ1) is 9.39. The third kappa shape index (κ3) is 5.44. The first-order valence-electron chi connectivity index (χ1n) is 6.18. The Morgan fingerprint density at radius 3 is 2.80 bits per heavy atom. The molecule has 0 spiro atoms. The van der Waals surface area contributed by atoms with Crippen LogP contribution in [0.5, 0.6) is 0 Å². The first kappa shape index (κ1) is 17.5. The summed E-state index contributed by atoms with van der Waals surface area (Å²) in [5.41, 5.74) is 0.813. The summed E-state index contributed by atoms with van der Waals surface area (Å²) in [6.45, 7) is 2.94. The van der Waals surface area contributed by atoms with E-state index in [1.54, 1.807) is 23.9 Å². The van der Waals surface area contributed by atoms with E-state index >= 15 is 0 Å². The fraction of sp³-hybridized carbons (Fsp3) is 0.500. The first-order valence-corrected chi connectivity index (χ1v) is 8.37. The Kier molecular flexibility index (Phi) is 7.02. The van der Waals surface area contributed by atoms with E-state index in [1.165, 1.54) is 7.11 Å². The van der Waals surface area contributed by atoms with Crippen molar-refractivity contribution in [3.05, 3.63) is 33.8 Å². The average molecular weight is 362 g/mol. The number of methoxy groups -OCH3 is 1. The molecule has 0 heterocycles. The van der Waals surface area contributed by atoms with E-state index in [1.807, 2.05) is 19.2 Å². The molecule has 0 bridgehead atoms. The molecule has 1 aromatic carbocycles. The summed E-state index contributed by atoms with van der Waals surface area (Å²) in [6, 6.07) is 5.34. The maximum absolute atomic E-state index is 11.4. The predicted octanol–water partition coefficient (Wildman–Crippen LogP) is 2.44. The number of ether oxygens (including phenoxy) is 1. The number of hydrogen-bond acceptors (Lipinski definition) is 5. The van der Waals surface area contributed by atoms with Crippen molar-refractivity contribution in [2.45, 2.75) is 19.1 Å². The number of benzene rings is 1. The normalized spacial score (nSPS) is 13.8. The van der Waals surface area contributed by atoms with Crippen LogP contribution in [0.3, 0.4) is 0 Å². The van der Waals surface area contributed by atoms with Gasteiger partial charge in [0.2, 0.25) is 0 Å². The monoisotopic (exact) mass is 361 g/mol. The van der Waals surface area contributed by atoms with Crippen molar-refractivity contribution in [1.82, 2.24) is 5.32 Å². The zero-order valence-corrected chi connectivity index (χ0v) is 14.3. The quantitative estimate of drug-likeness (QED) is 0.730. The Hall–Kier alpha value is -0.560. The molecule has 0 aliphatic carbocycles. The van der Waals surface area contributed by atoms with Crippen molar-refractivity contribution < 1.29 is 14.6 Å². The molecule has 0 aromatic heterocycles. The number of hydrogen-bond donors (Lipinski definition) is 2. The van der Waals surface area contributed by atoms with Crippen molar-refractivity contribution >= 4 is 33.7 Å². The van der Waals surface area contributed by atoms with Gasteiger partial charge in [0.05, 0.1) is 18.3 Å². The van der Waals surface area contributed by atoms with E-state index in [-0.39, 0.29) is 5.97 Å². The largest absolute Gasteiger partial charge is 0.465 e. The summed E-state index contributed by atoms with van der Waals surface area (Å²) in [5.74, 6) is 0.329. The van der Waals surface area contributed by atoms with Crippen molar-refractivity contribution in [3.8, 4) is 0 Å². The third-order valence-electron chi connectivity index (χ3n) is 2.75. The standard InChI is InChI=1S/C14H20BrNO3S/c1-14(18,9-20-3)8-16-7-11-5-4-10(6-12(11)15)13(17)19-2/h4-6,16,18H,7-9H2,1-3H3. The van der Waals surface area contributed by atoms with Crippen LogP contribution in [0, 0.1) is 0 Å². The van der Waals surface area contributed by atoms with Crippen molar-refractivity contribution in [2.75, 3.05) is 25.7 Å².